The fraction of sp³-hybridized carbons (Fsp3) is 0.231. The van der Waals surface area contributed by atoms with Gasteiger partial charge in [0.15, 0.2) is 12.4 Å². The molecule has 32 heavy (non-hydrogen) atoms. The van der Waals surface area contributed by atoms with Crippen LogP contribution >= 0.6 is 0 Å². The summed E-state index contributed by atoms with van der Waals surface area (Å²) < 4.78 is 11.1. The first-order chi connectivity index (χ1) is 15.7. The van der Waals surface area contributed by atoms with Crippen molar-refractivity contribution in [3.63, 3.8) is 0 Å². The number of benzene rings is 3. The average Bonchev–Trinajstić information content (AvgIpc) is 2.87. The SMILES string of the molecule is COc1ccccc1N1CCN(C(=O)COc2ccc(C(=O)c3ccccc3)cc2)CC1. The number of anilines is 1. The molecule has 6 heteroatoms. The summed E-state index contributed by atoms with van der Waals surface area (Å²) in [5.41, 5.74) is 2.27. The number of hydrogen-bond donors (Lipinski definition) is 0. The van der Waals surface area contributed by atoms with Gasteiger partial charge in [-0.2, -0.15) is 0 Å². The Bertz CT molecular complexity index is 1060. The summed E-state index contributed by atoms with van der Waals surface area (Å²) in [6.45, 7) is 2.71. The molecule has 0 atom stereocenters. The second-order valence-electron chi connectivity index (χ2n) is 7.55. The highest BCUT2D eigenvalue weighted by Crippen LogP contribution is 2.28. The number of nitrogens with zero attached hydrogens (tertiary/aromatic N) is 2. The van der Waals surface area contributed by atoms with Crippen LogP contribution in [0.2, 0.25) is 0 Å². The van der Waals surface area contributed by atoms with E-state index in [0.29, 0.717) is 30.0 Å². The van der Waals surface area contributed by atoms with E-state index in [1.807, 2.05) is 47.4 Å². The van der Waals surface area contributed by atoms with Crippen LogP contribution in [-0.2, 0) is 4.79 Å². The first kappa shape index (κ1) is 21.4. The zero-order valence-corrected chi connectivity index (χ0v) is 18.1. The van der Waals surface area contributed by atoms with Crippen molar-refractivity contribution in [2.24, 2.45) is 0 Å². The molecule has 1 heterocycles. The van der Waals surface area contributed by atoms with Crippen LogP contribution in [0.3, 0.4) is 0 Å². The van der Waals surface area contributed by atoms with Crippen LogP contribution in [0.1, 0.15) is 15.9 Å². The lowest BCUT2D eigenvalue weighted by Gasteiger charge is -2.36. The van der Waals surface area contributed by atoms with Crippen molar-refractivity contribution in [3.8, 4) is 11.5 Å². The highest BCUT2D eigenvalue weighted by molar-refractivity contribution is 6.09. The van der Waals surface area contributed by atoms with Crippen LogP contribution in [0.5, 0.6) is 11.5 Å². The Kier molecular flexibility index (Phi) is 6.70. The number of rotatable bonds is 7. The van der Waals surface area contributed by atoms with Crippen LogP contribution in [-0.4, -0.2) is 56.5 Å². The molecule has 0 saturated carbocycles. The molecule has 0 bridgehead atoms. The number of hydrogen-bond acceptors (Lipinski definition) is 5. The van der Waals surface area contributed by atoms with Gasteiger partial charge in [0.1, 0.15) is 11.5 Å². The second kappa shape index (κ2) is 10.0. The van der Waals surface area contributed by atoms with Crippen LogP contribution < -0.4 is 14.4 Å². The molecule has 3 aromatic rings. The lowest BCUT2D eigenvalue weighted by atomic mass is 10.0. The third-order valence-corrected chi connectivity index (χ3v) is 5.57. The van der Waals surface area contributed by atoms with Gasteiger partial charge in [0.05, 0.1) is 12.8 Å². The maximum atomic E-state index is 12.6. The molecule has 0 spiro atoms. The zero-order chi connectivity index (χ0) is 22.3. The van der Waals surface area contributed by atoms with E-state index in [0.717, 1.165) is 24.5 Å². The predicted molar refractivity (Wildman–Crippen MR) is 124 cm³/mol. The smallest absolute Gasteiger partial charge is 0.260 e. The van der Waals surface area contributed by atoms with Gasteiger partial charge in [-0.15, -0.1) is 0 Å². The summed E-state index contributed by atoms with van der Waals surface area (Å²) >= 11 is 0. The summed E-state index contributed by atoms with van der Waals surface area (Å²) in [7, 11) is 1.67. The van der Waals surface area contributed by atoms with Gasteiger partial charge in [-0.25, -0.2) is 0 Å². The van der Waals surface area contributed by atoms with E-state index in [1.54, 1.807) is 43.5 Å². The van der Waals surface area contributed by atoms with Gasteiger partial charge in [0.2, 0.25) is 0 Å². The summed E-state index contributed by atoms with van der Waals surface area (Å²) in [6, 6.07) is 23.9. The van der Waals surface area contributed by atoms with Gasteiger partial charge >= 0.3 is 0 Å². The Morgan fingerprint density at radius 1 is 0.781 bits per heavy atom. The Balaban J connectivity index is 1.28. The minimum atomic E-state index is -0.0471. The number of piperazine rings is 1. The Morgan fingerprint density at radius 2 is 1.41 bits per heavy atom. The second-order valence-corrected chi connectivity index (χ2v) is 7.55. The number of ketones is 1. The first-order valence-electron chi connectivity index (χ1n) is 10.6. The summed E-state index contributed by atoms with van der Waals surface area (Å²) in [4.78, 5) is 29.1. The fourth-order valence-corrected chi connectivity index (χ4v) is 3.78. The van der Waals surface area contributed by atoms with E-state index in [-0.39, 0.29) is 18.3 Å². The van der Waals surface area contributed by atoms with Crippen LogP contribution in [0, 0.1) is 0 Å². The van der Waals surface area contributed by atoms with E-state index in [2.05, 4.69) is 4.90 Å². The van der Waals surface area contributed by atoms with Crippen LogP contribution in [0.4, 0.5) is 5.69 Å². The highest BCUT2D eigenvalue weighted by Gasteiger charge is 2.23. The number of carbonyl (C=O) groups is 2. The van der Waals surface area contributed by atoms with Gasteiger partial charge in [-0.05, 0) is 36.4 Å². The molecule has 0 N–H and O–H groups in total. The average molecular weight is 431 g/mol. The zero-order valence-electron chi connectivity index (χ0n) is 18.1. The maximum absolute atomic E-state index is 12.6. The monoisotopic (exact) mass is 430 g/mol. The fourth-order valence-electron chi connectivity index (χ4n) is 3.78. The van der Waals surface area contributed by atoms with E-state index in [1.165, 1.54) is 0 Å². The van der Waals surface area contributed by atoms with Crippen molar-refractivity contribution in [1.82, 2.24) is 4.90 Å². The highest BCUT2D eigenvalue weighted by atomic mass is 16.5. The predicted octanol–water partition coefficient (Wildman–Crippen LogP) is 3.65. The third-order valence-electron chi connectivity index (χ3n) is 5.57. The lowest BCUT2D eigenvalue weighted by molar-refractivity contribution is -0.133. The summed E-state index contributed by atoms with van der Waals surface area (Å²) in [6.07, 6.45) is 0. The molecule has 164 valence electrons. The number of ether oxygens (including phenoxy) is 2. The summed E-state index contributed by atoms with van der Waals surface area (Å²) in [5.74, 6) is 1.32. The molecule has 0 aromatic heterocycles. The molecule has 0 unspecified atom stereocenters. The van der Waals surface area contributed by atoms with Gasteiger partial charge in [-0.3, -0.25) is 9.59 Å². The minimum absolute atomic E-state index is 0.0271. The Labute approximate surface area is 188 Å². The molecule has 1 amide bonds. The van der Waals surface area contributed by atoms with Crippen LogP contribution in [0.15, 0.2) is 78.9 Å². The summed E-state index contributed by atoms with van der Waals surface area (Å²) in [5, 5.41) is 0. The Morgan fingerprint density at radius 3 is 2.09 bits per heavy atom. The molecule has 4 rings (SSSR count). The molecular weight excluding hydrogens is 404 g/mol. The van der Waals surface area contributed by atoms with E-state index in [4.69, 9.17) is 9.47 Å². The van der Waals surface area contributed by atoms with E-state index < -0.39 is 0 Å². The minimum Gasteiger partial charge on any atom is -0.495 e. The van der Waals surface area contributed by atoms with Gasteiger partial charge in [0, 0.05) is 37.3 Å². The van der Waals surface area contributed by atoms with Crippen LogP contribution in [0.25, 0.3) is 0 Å². The standard InChI is InChI=1S/C26H26N2O4/c1-31-24-10-6-5-9-23(24)27-15-17-28(18-16-27)25(29)19-32-22-13-11-21(12-14-22)26(30)20-7-3-2-4-8-20/h2-14H,15-19H2,1H3. The maximum Gasteiger partial charge on any atom is 0.260 e. The van der Waals surface area contributed by atoms with Crippen molar-refractivity contribution in [2.45, 2.75) is 0 Å². The van der Waals surface area contributed by atoms with Crippen molar-refractivity contribution < 1.29 is 19.1 Å². The topological polar surface area (TPSA) is 59.1 Å². The third kappa shape index (κ3) is 4.91. The molecule has 3 aromatic carbocycles. The molecule has 1 aliphatic heterocycles. The molecular formula is C26H26N2O4. The molecule has 6 nitrogen and oxygen atoms in total. The van der Waals surface area contributed by atoms with Crippen molar-refractivity contribution in [1.29, 1.82) is 0 Å². The largest absolute Gasteiger partial charge is 0.495 e. The van der Waals surface area contributed by atoms with Gasteiger partial charge in [-0.1, -0.05) is 42.5 Å². The van der Waals surface area contributed by atoms with Crippen molar-refractivity contribution in [2.75, 3.05) is 44.8 Å². The van der Waals surface area contributed by atoms with Crippen molar-refractivity contribution in [3.05, 3.63) is 90.0 Å². The quantitative estimate of drug-likeness (QED) is 0.536. The van der Waals surface area contributed by atoms with Crippen molar-refractivity contribution >= 4 is 17.4 Å². The molecule has 1 saturated heterocycles. The molecule has 0 aliphatic carbocycles. The van der Waals surface area contributed by atoms with Gasteiger partial charge < -0.3 is 19.3 Å². The van der Waals surface area contributed by atoms with E-state index in [9.17, 15) is 9.59 Å². The normalized spacial score (nSPS) is 13.5. The number of para-hydroxylation sites is 2. The molecule has 1 aliphatic rings. The number of methoxy groups -OCH3 is 1. The Hall–Kier alpha value is -3.80. The first-order valence-corrected chi connectivity index (χ1v) is 10.6. The van der Waals surface area contributed by atoms with Gasteiger partial charge in [0.25, 0.3) is 5.91 Å². The number of amides is 1. The molecule has 0 radical (unpaired) electrons. The molecule has 1 fully saturated rings. The van der Waals surface area contributed by atoms with E-state index >= 15 is 0 Å². The lowest BCUT2D eigenvalue weighted by Crippen LogP contribution is -2.50. The number of carbonyl (C=O) groups excluding carboxylic acids is 2.